The van der Waals surface area contributed by atoms with E-state index in [4.69, 9.17) is 5.11 Å². The van der Waals surface area contributed by atoms with E-state index < -0.39 is 16.0 Å². The molecule has 0 saturated carbocycles. The lowest BCUT2D eigenvalue weighted by atomic mass is 9.95. The highest BCUT2D eigenvalue weighted by molar-refractivity contribution is 7.89. The van der Waals surface area contributed by atoms with Gasteiger partial charge in [0.05, 0.1) is 11.3 Å². The minimum atomic E-state index is -3.24. The molecule has 1 aliphatic rings. The summed E-state index contributed by atoms with van der Waals surface area (Å²) in [5, 5.41) is 9.15. The highest BCUT2D eigenvalue weighted by atomic mass is 32.2. The summed E-state index contributed by atoms with van der Waals surface area (Å²) in [5.74, 6) is -0.790. The van der Waals surface area contributed by atoms with Crippen LogP contribution in [0.1, 0.15) is 41.3 Å². The van der Waals surface area contributed by atoms with Gasteiger partial charge < -0.3 is 5.11 Å². The van der Waals surface area contributed by atoms with Crippen LogP contribution < -0.4 is 0 Å². The SMILES string of the molecule is CCCCS(=O)(=O)N1CCc2c(cccc2C(=O)O)C1. The summed E-state index contributed by atoms with van der Waals surface area (Å²) in [6.07, 6.45) is 1.96. The molecule has 0 fully saturated rings. The molecule has 0 aromatic heterocycles. The lowest BCUT2D eigenvalue weighted by Crippen LogP contribution is -2.38. The van der Waals surface area contributed by atoms with Crippen LogP contribution in [0.15, 0.2) is 18.2 Å². The van der Waals surface area contributed by atoms with E-state index in [1.54, 1.807) is 12.1 Å². The molecule has 0 radical (unpaired) electrons. The van der Waals surface area contributed by atoms with Crippen molar-refractivity contribution >= 4 is 16.0 Å². The fourth-order valence-corrected chi connectivity index (χ4v) is 4.09. The van der Waals surface area contributed by atoms with E-state index in [9.17, 15) is 13.2 Å². The maximum Gasteiger partial charge on any atom is 0.335 e. The summed E-state index contributed by atoms with van der Waals surface area (Å²) in [6.45, 7) is 2.60. The first kappa shape index (κ1) is 15.0. The number of carboxylic acid groups (broad SMARTS) is 1. The molecular formula is C14H19NO4S. The number of hydrogen-bond acceptors (Lipinski definition) is 3. The first-order chi connectivity index (χ1) is 9.45. The standard InChI is InChI=1S/C14H19NO4S/c1-2-3-9-20(18,19)15-8-7-12-11(10-15)5-4-6-13(12)14(16)17/h4-6H,2-3,7-10H2,1H3,(H,16,17). The minimum absolute atomic E-state index is 0.164. The fourth-order valence-electron chi connectivity index (χ4n) is 2.48. The van der Waals surface area contributed by atoms with Gasteiger partial charge in [-0.05, 0) is 30.0 Å². The third kappa shape index (κ3) is 3.02. The lowest BCUT2D eigenvalue weighted by Gasteiger charge is -2.28. The molecule has 1 aromatic rings. The quantitative estimate of drug-likeness (QED) is 0.900. The summed E-state index contributed by atoms with van der Waals surface area (Å²) < 4.78 is 25.8. The third-order valence-electron chi connectivity index (χ3n) is 3.61. The Morgan fingerprint density at radius 1 is 1.40 bits per heavy atom. The zero-order valence-corrected chi connectivity index (χ0v) is 12.3. The van der Waals surface area contributed by atoms with Gasteiger partial charge in [0.1, 0.15) is 0 Å². The van der Waals surface area contributed by atoms with Crippen LogP contribution >= 0.6 is 0 Å². The number of nitrogens with zero attached hydrogens (tertiary/aromatic N) is 1. The monoisotopic (exact) mass is 297 g/mol. The van der Waals surface area contributed by atoms with Crippen molar-refractivity contribution in [1.82, 2.24) is 4.31 Å². The van der Waals surface area contributed by atoms with Crippen molar-refractivity contribution in [3.05, 3.63) is 34.9 Å². The second kappa shape index (κ2) is 5.93. The van der Waals surface area contributed by atoms with Gasteiger partial charge in [0, 0.05) is 13.1 Å². The average molecular weight is 297 g/mol. The molecule has 0 amide bonds. The Balaban J connectivity index is 2.24. The average Bonchev–Trinajstić information content (AvgIpc) is 2.43. The van der Waals surface area contributed by atoms with Crippen molar-refractivity contribution in [3.8, 4) is 0 Å². The van der Waals surface area contributed by atoms with Crippen LogP contribution in [0.3, 0.4) is 0 Å². The van der Waals surface area contributed by atoms with E-state index in [0.717, 1.165) is 17.5 Å². The van der Waals surface area contributed by atoms with Gasteiger partial charge in [-0.3, -0.25) is 0 Å². The van der Waals surface area contributed by atoms with Crippen LogP contribution in [0.5, 0.6) is 0 Å². The van der Waals surface area contributed by atoms with Gasteiger partial charge in [0.25, 0.3) is 0 Å². The Kier molecular flexibility index (Phi) is 4.45. The predicted molar refractivity (Wildman–Crippen MR) is 76.2 cm³/mol. The summed E-state index contributed by atoms with van der Waals surface area (Å²) in [5.41, 5.74) is 1.85. The Morgan fingerprint density at radius 2 is 2.15 bits per heavy atom. The van der Waals surface area contributed by atoms with Crippen molar-refractivity contribution in [2.24, 2.45) is 0 Å². The molecule has 1 heterocycles. The van der Waals surface area contributed by atoms with E-state index in [-0.39, 0.29) is 17.9 Å². The number of carbonyl (C=O) groups is 1. The number of hydrogen-bond donors (Lipinski definition) is 1. The van der Waals surface area contributed by atoms with E-state index >= 15 is 0 Å². The van der Waals surface area contributed by atoms with Crippen molar-refractivity contribution in [2.45, 2.75) is 32.7 Å². The van der Waals surface area contributed by atoms with Gasteiger partial charge in [-0.2, -0.15) is 4.31 Å². The number of carboxylic acids is 1. The van der Waals surface area contributed by atoms with Crippen molar-refractivity contribution in [1.29, 1.82) is 0 Å². The second-order valence-electron chi connectivity index (χ2n) is 5.00. The maximum absolute atomic E-state index is 12.2. The molecule has 0 aliphatic carbocycles. The van der Waals surface area contributed by atoms with Crippen LogP contribution in [0.25, 0.3) is 0 Å². The molecule has 1 N–H and O–H groups in total. The van der Waals surface area contributed by atoms with Crippen LogP contribution in [-0.2, 0) is 23.0 Å². The summed E-state index contributed by atoms with van der Waals surface area (Å²) in [7, 11) is -3.24. The highest BCUT2D eigenvalue weighted by Crippen LogP contribution is 2.24. The number of sulfonamides is 1. The zero-order valence-electron chi connectivity index (χ0n) is 11.5. The molecule has 110 valence electrons. The molecule has 0 unspecified atom stereocenters. The highest BCUT2D eigenvalue weighted by Gasteiger charge is 2.28. The number of benzene rings is 1. The Hall–Kier alpha value is -1.40. The molecule has 20 heavy (non-hydrogen) atoms. The molecule has 1 aromatic carbocycles. The van der Waals surface area contributed by atoms with Gasteiger partial charge in [-0.25, -0.2) is 13.2 Å². The number of fused-ring (bicyclic) bond motifs is 1. The maximum atomic E-state index is 12.2. The Bertz CT molecular complexity index is 610. The fraction of sp³-hybridized carbons (Fsp3) is 0.500. The van der Waals surface area contributed by atoms with Gasteiger partial charge in [-0.15, -0.1) is 0 Å². The predicted octanol–water partition coefficient (Wildman–Crippen LogP) is 1.87. The summed E-state index contributed by atoms with van der Waals surface area (Å²) in [6, 6.07) is 5.05. The minimum Gasteiger partial charge on any atom is -0.478 e. The normalized spacial score (nSPS) is 15.8. The van der Waals surface area contributed by atoms with Crippen LogP contribution in [0.4, 0.5) is 0 Å². The van der Waals surface area contributed by atoms with Crippen molar-refractivity contribution in [2.75, 3.05) is 12.3 Å². The van der Waals surface area contributed by atoms with Gasteiger partial charge in [0.15, 0.2) is 0 Å². The van der Waals surface area contributed by atoms with Gasteiger partial charge in [0.2, 0.25) is 10.0 Å². The smallest absolute Gasteiger partial charge is 0.335 e. The molecule has 0 atom stereocenters. The second-order valence-corrected chi connectivity index (χ2v) is 7.09. The molecular weight excluding hydrogens is 278 g/mol. The van der Waals surface area contributed by atoms with Gasteiger partial charge in [-0.1, -0.05) is 25.5 Å². The topological polar surface area (TPSA) is 74.7 Å². The van der Waals surface area contributed by atoms with E-state index in [2.05, 4.69) is 0 Å². The Morgan fingerprint density at radius 3 is 2.80 bits per heavy atom. The molecule has 0 saturated heterocycles. The molecule has 2 rings (SSSR count). The number of aromatic carboxylic acids is 1. The van der Waals surface area contributed by atoms with Crippen LogP contribution in [0, 0.1) is 0 Å². The Labute approximate surface area is 119 Å². The number of rotatable bonds is 5. The lowest BCUT2D eigenvalue weighted by molar-refractivity contribution is 0.0695. The summed E-state index contributed by atoms with van der Waals surface area (Å²) >= 11 is 0. The van der Waals surface area contributed by atoms with Crippen LogP contribution in [0.2, 0.25) is 0 Å². The first-order valence-electron chi connectivity index (χ1n) is 6.77. The zero-order chi connectivity index (χ0) is 14.8. The third-order valence-corrected chi connectivity index (χ3v) is 5.51. The molecule has 5 nitrogen and oxygen atoms in total. The molecule has 0 spiro atoms. The van der Waals surface area contributed by atoms with Crippen molar-refractivity contribution in [3.63, 3.8) is 0 Å². The van der Waals surface area contributed by atoms with Gasteiger partial charge >= 0.3 is 5.97 Å². The molecule has 6 heteroatoms. The van der Waals surface area contributed by atoms with E-state index in [1.165, 1.54) is 4.31 Å². The molecule has 1 aliphatic heterocycles. The van der Waals surface area contributed by atoms with Crippen LogP contribution in [-0.4, -0.2) is 36.1 Å². The largest absolute Gasteiger partial charge is 0.478 e. The first-order valence-corrected chi connectivity index (χ1v) is 8.38. The summed E-state index contributed by atoms with van der Waals surface area (Å²) in [4.78, 5) is 11.2. The number of unbranched alkanes of at least 4 members (excludes halogenated alkanes) is 1. The van der Waals surface area contributed by atoms with E-state index in [1.807, 2.05) is 13.0 Å². The van der Waals surface area contributed by atoms with E-state index in [0.29, 0.717) is 19.4 Å². The molecule has 0 bridgehead atoms. The van der Waals surface area contributed by atoms with Crippen molar-refractivity contribution < 1.29 is 18.3 Å².